The van der Waals surface area contributed by atoms with Crippen LogP contribution in [0.25, 0.3) is 0 Å². The summed E-state index contributed by atoms with van der Waals surface area (Å²) in [5, 5.41) is 16.5. The predicted octanol–water partition coefficient (Wildman–Crippen LogP) is 2.35. The molecule has 3 N–H and O–H groups in total. The van der Waals surface area contributed by atoms with E-state index in [0.717, 1.165) is 12.1 Å². The highest BCUT2D eigenvalue weighted by Crippen LogP contribution is 2.21. The molecule has 2 unspecified atom stereocenters. The predicted molar refractivity (Wildman–Crippen MR) is 109 cm³/mol. The van der Waals surface area contributed by atoms with Gasteiger partial charge in [0.2, 0.25) is 0 Å². The van der Waals surface area contributed by atoms with E-state index in [1.165, 1.54) is 0 Å². The van der Waals surface area contributed by atoms with E-state index >= 15 is 0 Å². The molecule has 0 amide bonds. The third-order valence-electron chi connectivity index (χ3n) is 3.56. The molecule has 1 aromatic rings. The summed E-state index contributed by atoms with van der Waals surface area (Å²) in [7, 11) is 1.71. The van der Waals surface area contributed by atoms with Crippen LogP contribution in [0.5, 0.6) is 0 Å². The summed E-state index contributed by atoms with van der Waals surface area (Å²) in [5.74, 6) is 0.673. The van der Waals surface area contributed by atoms with Gasteiger partial charge in [-0.15, -0.1) is 24.0 Å². The first kappa shape index (κ1) is 23.1. The van der Waals surface area contributed by atoms with Crippen molar-refractivity contribution in [3.05, 3.63) is 30.1 Å². The molecule has 0 fully saturated rings. The lowest BCUT2D eigenvalue weighted by Crippen LogP contribution is -2.41. The second kappa shape index (κ2) is 11.6. The average Bonchev–Trinajstić information content (AvgIpc) is 2.52. The van der Waals surface area contributed by atoms with Gasteiger partial charge in [0.15, 0.2) is 5.96 Å². The topological polar surface area (TPSA) is 78.8 Å². The fraction of sp³-hybridized carbons (Fsp3) is 0.647. The fourth-order valence-electron chi connectivity index (χ4n) is 2.11. The highest BCUT2D eigenvalue weighted by molar-refractivity contribution is 14.0. The zero-order chi connectivity index (χ0) is 17.3. The maximum Gasteiger partial charge on any atom is 0.191 e. The maximum absolute atomic E-state index is 10.2. The zero-order valence-corrected chi connectivity index (χ0v) is 17.6. The van der Waals surface area contributed by atoms with E-state index in [0.29, 0.717) is 19.0 Å². The molecule has 0 spiro atoms. The third-order valence-corrected chi connectivity index (χ3v) is 3.56. The molecule has 0 aliphatic heterocycles. The molecule has 0 aliphatic rings. The SMILES string of the molecule is CCNC(=NCC(OC)C(C)(C)C)NCC(O)c1ccncc1.I. The Labute approximate surface area is 162 Å². The Morgan fingerprint density at radius 3 is 2.42 bits per heavy atom. The number of pyridine rings is 1. The minimum atomic E-state index is -0.609. The molecule has 138 valence electrons. The molecule has 2 atom stereocenters. The number of hydrogen-bond acceptors (Lipinski definition) is 4. The van der Waals surface area contributed by atoms with Crippen LogP contribution in [0.2, 0.25) is 0 Å². The summed E-state index contributed by atoms with van der Waals surface area (Å²) in [6.07, 6.45) is 2.76. The number of guanidine groups is 1. The van der Waals surface area contributed by atoms with Crippen LogP contribution in [-0.4, -0.2) is 48.9 Å². The molecular formula is C17H31IN4O2. The summed E-state index contributed by atoms with van der Waals surface area (Å²) in [6.45, 7) is 10.1. The van der Waals surface area contributed by atoms with E-state index in [4.69, 9.17) is 4.74 Å². The standard InChI is InChI=1S/C17H30N4O2.HI/c1-6-19-16(21-12-15(23-5)17(2,3)4)20-11-14(22)13-7-9-18-10-8-13;/h7-10,14-15,22H,6,11-12H2,1-5H3,(H2,19,20,21);1H. The Morgan fingerprint density at radius 2 is 1.92 bits per heavy atom. The van der Waals surface area contributed by atoms with Crippen LogP contribution in [0.3, 0.4) is 0 Å². The van der Waals surface area contributed by atoms with Gasteiger partial charge in [-0.05, 0) is 30.0 Å². The Balaban J connectivity index is 0.00000529. The second-order valence-electron chi connectivity index (χ2n) is 6.49. The number of hydrogen-bond donors (Lipinski definition) is 3. The molecule has 1 heterocycles. The highest BCUT2D eigenvalue weighted by Gasteiger charge is 2.24. The van der Waals surface area contributed by atoms with Crippen molar-refractivity contribution in [3.8, 4) is 0 Å². The van der Waals surface area contributed by atoms with Gasteiger partial charge in [0.05, 0.1) is 18.8 Å². The first-order chi connectivity index (χ1) is 10.9. The van der Waals surface area contributed by atoms with Crippen LogP contribution in [0, 0.1) is 5.41 Å². The number of halogens is 1. The van der Waals surface area contributed by atoms with Gasteiger partial charge in [0, 0.05) is 32.6 Å². The summed E-state index contributed by atoms with van der Waals surface area (Å²) in [6, 6.07) is 3.61. The normalized spacial score (nSPS) is 14.5. The Hall–Kier alpha value is -0.930. The monoisotopic (exact) mass is 450 g/mol. The lowest BCUT2D eigenvalue weighted by molar-refractivity contribution is 0.0241. The van der Waals surface area contributed by atoms with Crippen LogP contribution in [-0.2, 0) is 4.74 Å². The van der Waals surface area contributed by atoms with Crippen LogP contribution < -0.4 is 10.6 Å². The number of aliphatic hydroxyl groups excluding tert-OH is 1. The third kappa shape index (κ3) is 8.25. The van der Waals surface area contributed by atoms with Gasteiger partial charge >= 0.3 is 0 Å². The van der Waals surface area contributed by atoms with Crippen LogP contribution in [0.15, 0.2) is 29.5 Å². The molecule has 0 saturated carbocycles. The molecule has 1 rings (SSSR count). The summed E-state index contributed by atoms with van der Waals surface area (Å²) < 4.78 is 5.52. The van der Waals surface area contributed by atoms with Crippen molar-refractivity contribution in [2.75, 3.05) is 26.7 Å². The first-order valence-corrected chi connectivity index (χ1v) is 8.01. The lowest BCUT2D eigenvalue weighted by atomic mass is 9.89. The number of aliphatic hydroxyl groups is 1. The molecule has 0 bridgehead atoms. The van der Waals surface area contributed by atoms with E-state index in [2.05, 4.69) is 41.4 Å². The second-order valence-corrected chi connectivity index (χ2v) is 6.49. The van der Waals surface area contributed by atoms with Crippen molar-refractivity contribution >= 4 is 29.9 Å². The van der Waals surface area contributed by atoms with Gasteiger partial charge in [-0.25, -0.2) is 0 Å². The summed E-state index contributed by atoms with van der Waals surface area (Å²) in [4.78, 5) is 8.51. The zero-order valence-electron chi connectivity index (χ0n) is 15.2. The Kier molecular flexibility index (Phi) is 11.1. The van der Waals surface area contributed by atoms with Crippen molar-refractivity contribution in [1.82, 2.24) is 15.6 Å². The van der Waals surface area contributed by atoms with Gasteiger partial charge in [0.1, 0.15) is 0 Å². The molecule has 6 nitrogen and oxygen atoms in total. The minimum Gasteiger partial charge on any atom is -0.387 e. The summed E-state index contributed by atoms with van der Waals surface area (Å²) in [5.41, 5.74) is 0.847. The van der Waals surface area contributed by atoms with Gasteiger partial charge in [-0.1, -0.05) is 20.8 Å². The fourth-order valence-corrected chi connectivity index (χ4v) is 2.11. The quantitative estimate of drug-likeness (QED) is 0.338. The van der Waals surface area contributed by atoms with E-state index in [1.807, 2.05) is 6.92 Å². The molecular weight excluding hydrogens is 419 g/mol. The molecule has 24 heavy (non-hydrogen) atoms. The van der Waals surface area contributed by atoms with Crippen LogP contribution in [0.1, 0.15) is 39.4 Å². The van der Waals surface area contributed by atoms with Gasteiger partial charge < -0.3 is 20.5 Å². The Bertz CT molecular complexity index is 477. The lowest BCUT2D eigenvalue weighted by Gasteiger charge is -2.28. The van der Waals surface area contributed by atoms with E-state index in [-0.39, 0.29) is 35.5 Å². The first-order valence-electron chi connectivity index (χ1n) is 8.01. The number of aromatic nitrogens is 1. The van der Waals surface area contributed by atoms with Gasteiger partial charge in [0.25, 0.3) is 0 Å². The number of nitrogens with one attached hydrogen (secondary N) is 2. The summed E-state index contributed by atoms with van der Waals surface area (Å²) >= 11 is 0. The van der Waals surface area contributed by atoms with Gasteiger partial charge in [-0.2, -0.15) is 0 Å². The number of ether oxygens (including phenoxy) is 1. The molecule has 0 radical (unpaired) electrons. The van der Waals surface area contributed by atoms with Crippen molar-refractivity contribution in [1.29, 1.82) is 0 Å². The smallest absolute Gasteiger partial charge is 0.191 e. The number of aliphatic imine (C=N–C) groups is 1. The van der Waals surface area contributed by atoms with E-state index < -0.39 is 6.10 Å². The number of methoxy groups -OCH3 is 1. The molecule has 0 saturated heterocycles. The molecule has 7 heteroatoms. The van der Waals surface area contributed by atoms with Crippen molar-refractivity contribution in [2.45, 2.75) is 39.9 Å². The van der Waals surface area contributed by atoms with E-state index in [1.54, 1.807) is 31.6 Å². The molecule has 1 aromatic heterocycles. The maximum atomic E-state index is 10.2. The molecule has 0 aromatic carbocycles. The van der Waals surface area contributed by atoms with Crippen LogP contribution in [0.4, 0.5) is 0 Å². The minimum absolute atomic E-state index is 0. The van der Waals surface area contributed by atoms with Crippen molar-refractivity contribution < 1.29 is 9.84 Å². The Morgan fingerprint density at radius 1 is 1.29 bits per heavy atom. The van der Waals surface area contributed by atoms with Crippen molar-refractivity contribution in [2.24, 2.45) is 10.4 Å². The van der Waals surface area contributed by atoms with Crippen molar-refractivity contribution in [3.63, 3.8) is 0 Å². The highest BCUT2D eigenvalue weighted by atomic mass is 127. The number of rotatable bonds is 7. The average molecular weight is 450 g/mol. The van der Waals surface area contributed by atoms with Crippen LogP contribution >= 0.6 is 24.0 Å². The number of nitrogens with zero attached hydrogens (tertiary/aromatic N) is 2. The van der Waals surface area contributed by atoms with Gasteiger partial charge in [-0.3, -0.25) is 9.98 Å². The largest absolute Gasteiger partial charge is 0.387 e. The van der Waals surface area contributed by atoms with E-state index in [9.17, 15) is 5.11 Å². The molecule has 0 aliphatic carbocycles.